The molecule has 0 atom stereocenters. The Morgan fingerprint density at radius 3 is 2.28 bits per heavy atom. The molecule has 0 spiro atoms. The van der Waals surface area contributed by atoms with E-state index in [9.17, 15) is 0 Å². The Morgan fingerprint density at radius 1 is 0.920 bits per heavy atom. The van der Waals surface area contributed by atoms with Gasteiger partial charge in [-0.1, -0.05) is 36.9 Å². The summed E-state index contributed by atoms with van der Waals surface area (Å²) in [4.78, 5) is 0. The predicted octanol–water partition coefficient (Wildman–Crippen LogP) is 3.62. The monoisotopic (exact) mass is 356 g/mol. The van der Waals surface area contributed by atoms with E-state index in [1.165, 1.54) is 0 Å². The van der Waals surface area contributed by atoms with Gasteiger partial charge in [0.1, 0.15) is 11.5 Å². The van der Waals surface area contributed by atoms with Gasteiger partial charge in [0.2, 0.25) is 5.16 Å². The van der Waals surface area contributed by atoms with Crippen LogP contribution in [0.2, 0.25) is 0 Å². The minimum absolute atomic E-state index is 0.571. The molecule has 1 aromatic heterocycles. The van der Waals surface area contributed by atoms with Gasteiger partial charge in [-0.2, -0.15) is 4.68 Å². The number of ether oxygens (including phenoxy) is 2. The van der Waals surface area contributed by atoms with E-state index in [0.717, 1.165) is 41.1 Å². The minimum Gasteiger partial charge on any atom is -0.494 e. The first kappa shape index (κ1) is 17.3. The fourth-order valence-electron chi connectivity index (χ4n) is 2.14. The van der Waals surface area contributed by atoms with Gasteiger partial charge in [-0.15, -0.1) is 5.10 Å². The molecule has 0 N–H and O–H groups in total. The Bertz CT molecular complexity index is 762. The van der Waals surface area contributed by atoms with Crippen molar-refractivity contribution in [1.29, 1.82) is 0 Å². The third-order valence-corrected chi connectivity index (χ3v) is 4.21. The highest BCUT2D eigenvalue weighted by Crippen LogP contribution is 2.20. The number of rotatable bonds is 9. The molecule has 0 bridgehead atoms. The normalized spacial score (nSPS) is 10.6. The highest BCUT2D eigenvalue weighted by Gasteiger charge is 2.08. The molecular formula is C18H20N4O2S. The number of aromatic nitrogens is 4. The summed E-state index contributed by atoms with van der Waals surface area (Å²) in [5.74, 6) is 2.44. The van der Waals surface area contributed by atoms with Crippen LogP contribution in [0.1, 0.15) is 13.3 Å². The van der Waals surface area contributed by atoms with Crippen molar-refractivity contribution in [3.63, 3.8) is 0 Å². The minimum atomic E-state index is 0.571. The second-order valence-electron chi connectivity index (χ2n) is 5.23. The fourth-order valence-corrected chi connectivity index (χ4v) is 2.85. The van der Waals surface area contributed by atoms with Gasteiger partial charge >= 0.3 is 0 Å². The van der Waals surface area contributed by atoms with Gasteiger partial charge in [0, 0.05) is 5.75 Å². The van der Waals surface area contributed by atoms with Gasteiger partial charge in [-0.3, -0.25) is 0 Å². The van der Waals surface area contributed by atoms with Crippen molar-refractivity contribution in [3.05, 3.63) is 54.6 Å². The molecule has 0 aliphatic carbocycles. The first-order chi connectivity index (χ1) is 12.4. The number of benzene rings is 2. The Kier molecular flexibility index (Phi) is 6.28. The maximum atomic E-state index is 5.76. The molecule has 3 rings (SSSR count). The van der Waals surface area contributed by atoms with E-state index in [1.54, 1.807) is 16.4 Å². The standard InChI is InChI=1S/C18H20N4O2S/c1-2-12-23-16-8-10-17(11-9-16)24-13-14-25-18-19-20-21-22(18)15-6-4-3-5-7-15/h3-11H,2,12-14H2,1H3. The van der Waals surface area contributed by atoms with E-state index in [0.29, 0.717) is 6.61 Å². The molecule has 2 aromatic carbocycles. The highest BCUT2D eigenvalue weighted by atomic mass is 32.2. The lowest BCUT2D eigenvalue weighted by Crippen LogP contribution is -2.03. The maximum Gasteiger partial charge on any atom is 0.214 e. The van der Waals surface area contributed by atoms with E-state index in [-0.39, 0.29) is 0 Å². The summed E-state index contributed by atoms with van der Waals surface area (Å²) in [6.07, 6.45) is 0.998. The number of nitrogens with zero attached hydrogens (tertiary/aromatic N) is 4. The second kappa shape index (κ2) is 9.08. The van der Waals surface area contributed by atoms with Crippen molar-refractivity contribution >= 4 is 11.8 Å². The van der Waals surface area contributed by atoms with E-state index in [4.69, 9.17) is 9.47 Å². The third-order valence-electron chi connectivity index (χ3n) is 3.32. The lowest BCUT2D eigenvalue weighted by molar-refractivity contribution is 0.314. The van der Waals surface area contributed by atoms with Crippen molar-refractivity contribution in [2.75, 3.05) is 19.0 Å². The first-order valence-electron chi connectivity index (χ1n) is 8.19. The zero-order chi connectivity index (χ0) is 17.3. The van der Waals surface area contributed by atoms with Crippen LogP contribution in [0, 0.1) is 0 Å². The van der Waals surface area contributed by atoms with Crippen LogP contribution in [0.4, 0.5) is 0 Å². The highest BCUT2D eigenvalue weighted by molar-refractivity contribution is 7.99. The van der Waals surface area contributed by atoms with E-state index >= 15 is 0 Å². The van der Waals surface area contributed by atoms with Gasteiger partial charge in [0.05, 0.1) is 18.9 Å². The molecule has 3 aromatic rings. The van der Waals surface area contributed by atoms with E-state index in [1.807, 2.05) is 54.6 Å². The average molecular weight is 356 g/mol. The van der Waals surface area contributed by atoms with Crippen molar-refractivity contribution in [2.45, 2.75) is 18.5 Å². The third kappa shape index (κ3) is 4.96. The summed E-state index contributed by atoms with van der Waals surface area (Å²) in [7, 11) is 0. The zero-order valence-corrected chi connectivity index (χ0v) is 14.9. The maximum absolute atomic E-state index is 5.76. The molecule has 0 fully saturated rings. The van der Waals surface area contributed by atoms with Crippen LogP contribution >= 0.6 is 11.8 Å². The summed E-state index contributed by atoms with van der Waals surface area (Å²) >= 11 is 1.56. The molecule has 0 amide bonds. The summed E-state index contributed by atoms with van der Waals surface area (Å²) in [6, 6.07) is 17.5. The first-order valence-corrected chi connectivity index (χ1v) is 9.17. The van der Waals surface area contributed by atoms with Crippen molar-refractivity contribution in [3.8, 4) is 17.2 Å². The lowest BCUT2D eigenvalue weighted by atomic mass is 10.3. The molecule has 7 heteroatoms. The van der Waals surface area contributed by atoms with E-state index in [2.05, 4.69) is 22.4 Å². The molecule has 130 valence electrons. The summed E-state index contributed by atoms with van der Waals surface area (Å²) in [6.45, 7) is 3.39. The summed E-state index contributed by atoms with van der Waals surface area (Å²) in [5.41, 5.74) is 0.943. The van der Waals surface area contributed by atoms with Gasteiger partial charge < -0.3 is 9.47 Å². The Labute approximate surface area is 151 Å². The Morgan fingerprint density at radius 2 is 1.60 bits per heavy atom. The van der Waals surface area contributed by atoms with Gasteiger partial charge in [-0.25, -0.2) is 0 Å². The van der Waals surface area contributed by atoms with Crippen molar-refractivity contribution in [1.82, 2.24) is 20.2 Å². The van der Waals surface area contributed by atoms with Gasteiger partial charge in [0.25, 0.3) is 0 Å². The molecule has 25 heavy (non-hydrogen) atoms. The number of thioether (sulfide) groups is 1. The smallest absolute Gasteiger partial charge is 0.214 e. The van der Waals surface area contributed by atoms with Crippen molar-refractivity contribution < 1.29 is 9.47 Å². The van der Waals surface area contributed by atoms with Crippen LogP contribution in [0.5, 0.6) is 11.5 Å². The Hall–Kier alpha value is -2.54. The molecule has 0 saturated heterocycles. The zero-order valence-electron chi connectivity index (χ0n) is 14.0. The van der Waals surface area contributed by atoms with Crippen LogP contribution in [0.25, 0.3) is 5.69 Å². The van der Waals surface area contributed by atoms with Crippen molar-refractivity contribution in [2.24, 2.45) is 0 Å². The molecule has 0 aliphatic heterocycles. The molecule has 0 aliphatic rings. The topological polar surface area (TPSA) is 62.1 Å². The van der Waals surface area contributed by atoms with Crippen LogP contribution in [-0.2, 0) is 0 Å². The Balaban J connectivity index is 1.47. The molecular weight excluding hydrogens is 336 g/mol. The largest absolute Gasteiger partial charge is 0.494 e. The SMILES string of the molecule is CCCOc1ccc(OCCSc2nnnn2-c2ccccc2)cc1. The lowest BCUT2D eigenvalue weighted by Gasteiger charge is -2.08. The van der Waals surface area contributed by atoms with Crippen LogP contribution in [0.3, 0.4) is 0 Å². The predicted molar refractivity (Wildman–Crippen MR) is 97.6 cm³/mol. The average Bonchev–Trinajstić information content (AvgIpc) is 3.14. The molecule has 1 heterocycles. The van der Waals surface area contributed by atoms with Gasteiger partial charge in [0.15, 0.2) is 0 Å². The number of hydrogen-bond acceptors (Lipinski definition) is 6. The van der Waals surface area contributed by atoms with Crippen LogP contribution in [-0.4, -0.2) is 39.2 Å². The molecule has 0 unspecified atom stereocenters. The van der Waals surface area contributed by atoms with Gasteiger partial charge in [-0.05, 0) is 53.2 Å². The molecule has 6 nitrogen and oxygen atoms in total. The van der Waals surface area contributed by atoms with Crippen LogP contribution in [0.15, 0.2) is 59.8 Å². The van der Waals surface area contributed by atoms with E-state index < -0.39 is 0 Å². The fraction of sp³-hybridized carbons (Fsp3) is 0.278. The summed E-state index contributed by atoms with van der Waals surface area (Å²) in [5, 5.41) is 12.6. The summed E-state index contributed by atoms with van der Waals surface area (Å²) < 4.78 is 13.0. The number of para-hydroxylation sites is 1. The molecule has 0 radical (unpaired) electrons. The number of tetrazole rings is 1. The second-order valence-corrected chi connectivity index (χ2v) is 6.29. The van der Waals surface area contributed by atoms with Crippen LogP contribution < -0.4 is 9.47 Å². The molecule has 0 saturated carbocycles. The quantitative estimate of drug-likeness (QED) is 0.431. The number of hydrogen-bond donors (Lipinski definition) is 0.